The summed E-state index contributed by atoms with van der Waals surface area (Å²) in [6.07, 6.45) is 2.65. The Morgan fingerprint density at radius 2 is 1.64 bits per heavy atom. The fourth-order valence-corrected chi connectivity index (χ4v) is 5.04. The average molecular weight is 528 g/mol. The van der Waals surface area contributed by atoms with Gasteiger partial charge in [-0.3, -0.25) is 19.1 Å². The zero-order chi connectivity index (χ0) is 26.2. The van der Waals surface area contributed by atoms with Crippen LogP contribution in [0.25, 0.3) is 6.08 Å². The molecule has 0 aliphatic heterocycles. The van der Waals surface area contributed by atoms with Gasteiger partial charge >= 0.3 is 0 Å². The lowest BCUT2D eigenvalue weighted by Gasteiger charge is -2.12. The summed E-state index contributed by atoms with van der Waals surface area (Å²) in [5, 5.41) is 11.7. The molecule has 0 aromatic heterocycles. The van der Waals surface area contributed by atoms with Crippen LogP contribution in [0, 0.1) is 10.1 Å². The Hall–Kier alpha value is -3.63. The van der Waals surface area contributed by atoms with E-state index in [1.807, 2.05) is 36.4 Å². The first kappa shape index (κ1) is 27.0. The highest BCUT2D eigenvalue weighted by molar-refractivity contribution is 7.98. The molecule has 1 atom stereocenters. The number of ketones is 1. The van der Waals surface area contributed by atoms with Crippen molar-refractivity contribution in [3.63, 3.8) is 0 Å². The second kappa shape index (κ2) is 12.4. The summed E-state index contributed by atoms with van der Waals surface area (Å²) < 4.78 is 28.3. The molecule has 3 aromatic rings. The van der Waals surface area contributed by atoms with Gasteiger partial charge in [-0.05, 0) is 42.0 Å². The standard InChI is InChI=1S/C26H25NO7S2/c1-32-19-11-9-17(10-12-19)16-35-24-8-6-5-7-20(24)26(28)25(36(4)31)14-18-13-22(33-2)23(34-3)15-21(18)27(29)30/h5-15H,16H2,1-4H3/b25-14-. The molecule has 8 nitrogen and oxygen atoms in total. The van der Waals surface area contributed by atoms with Gasteiger partial charge in [-0.15, -0.1) is 11.8 Å². The zero-order valence-electron chi connectivity index (χ0n) is 20.2. The van der Waals surface area contributed by atoms with E-state index in [0.717, 1.165) is 11.3 Å². The molecule has 0 N–H and O–H groups in total. The zero-order valence-corrected chi connectivity index (χ0v) is 21.8. The van der Waals surface area contributed by atoms with Crippen LogP contribution in [0.4, 0.5) is 5.69 Å². The highest BCUT2D eigenvalue weighted by Gasteiger charge is 2.23. The first-order valence-corrected chi connectivity index (χ1v) is 13.2. The fraction of sp³-hybridized carbons (Fsp3) is 0.192. The third-order valence-corrected chi connectivity index (χ3v) is 7.30. The number of carbonyl (C=O) groups is 1. The van der Waals surface area contributed by atoms with Crippen LogP contribution in [-0.2, 0) is 16.6 Å². The van der Waals surface area contributed by atoms with Crippen LogP contribution in [0.2, 0.25) is 0 Å². The number of thioether (sulfide) groups is 1. The molecule has 0 saturated heterocycles. The van der Waals surface area contributed by atoms with Crippen LogP contribution in [0.1, 0.15) is 21.5 Å². The van der Waals surface area contributed by atoms with Gasteiger partial charge in [-0.25, -0.2) is 0 Å². The van der Waals surface area contributed by atoms with E-state index < -0.39 is 21.5 Å². The van der Waals surface area contributed by atoms with Gasteiger partial charge in [0.05, 0.1) is 53.6 Å². The van der Waals surface area contributed by atoms with Gasteiger partial charge < -0.3 is 14.2 Å². The van der Waals surface area contributed by atoms with Gasteiger partial charge in [0.15, 0.2) is 11.5 Å². The molecule has 3 aromatic carbocycles. The number of nitro benzene ring substituents is 1. The maximum atomic E-state index is 13.5. The van der Waals surface area contributed by atoms with Crippen molar-refractivity contribution in [3.05, 3.63) is 92.4 Å². The summed E-state index contributed by atoms with van der Waals surface area (Å²) in [4.78, 5) is 25.3. The van der Waals surface area contributed by atoms with Gasteiger partial charge in [0.25, 0.3) is 5.69 Å². The minimum atomic E-state index is -1.73. The SMILES string of the molecule is COc1ccc(CSc2ccccc2C(=O)/C(=C/c2cc(OC)c(OC)cc2[N+](=O)[O-])S(C)=O)cc1. The topological polar surface area (TPSA) is 105 Å². The summed E-state index contributed by atoms with van der Waals surface area (Å²) in [5.41, 5.74) is 1.18. The lowest BCUT2D eigenvalue weighted by Crippen LogP contribution is -2.09. The quantitative estimate of drug-likeness (QED) is 0.106. The van der Waals surface area contributed by atoms with E-state index in [2.05, 4.69) is 0 Å². The Morgan fingerprint density at radius 1 is 1.00 bits per heavy atom. The lowest BCUT2D eigenvalue weighted by molar-refractivity contribution is -0.385. The number of nitro groups is 1. The number of hydrogen-bond acceptors (Lipinski definition) is 8. The van der Waals surface area contributed by atoms with E-state index in [0.29, 0.717) is 16.2 Å². The van der Waals surface area contributed by atoms with Gasteiger partial charge in [-0.2, -0.15) is 0 Å². The smallest absolute Gasteiger partial charge is 0.280 e. The maximum Gasteiger partial charge on any atom is 0.280 e. The van der Waals surface area contributed by atoms with Crippen LogP contribution < -0.4 is 14.2 Å². The molecule has 36 heavy (non-hydrogen) atoms. The Balaban J connectivity index is 1.99. The number of methoxy groups -OCH3 is 3. The number of allylic oxidation sites excluding steroid dienone is 1. The molecule has 0 spiro atoms. The number of hydrogen-bond donors (Lipinski definition) is 0. The van der Waals surface area contributed by atoms with E-state index in [1.165, 1.54) is 50.4 Å². The molecule has 0 heterocycles. The second-order valence-corrected chi connectivity index (χ2v) is 9.81. The van der Waals surface area contributed by atoms with E-state index in [1.54, 1.807) is 19.2 Å². The third kappa shape index (κ3) is 6.32. The molecule has 0 fully saturated rings. The summed E-state index contributed by atoms with van der Waals surface area (Å²) in [5.74, 6) is 1.30. The van der Waals surface area contributed by atoms with E-state index in [-0.39, 0.29) is 27.7 Å². The first-order valence-electron chi connectivity index (χ1n) is 10.6. The maximum absolute atomic E-state index is 13.5. The van der Waals surface area contributed by atoms with Crippen molar-refractivity contribution < 1.29 is 28.1 Å². The molecular formula is C26H25NO7S2. The minimum absolute atomic E-state index is 0.0668. The number of Topliss-reactive ketones (excluding diaryl/α,β-unsaturated/α-hetero) is 1. The number of ether oxygens (including phenoxy) is 3. The molecule has 0 aliphatic rings. The molecule has 188 valence electrons. The Bertz CT molecular complexity index is 1320. The molecule has 0 aliphatic carbocycles. The van der Waals surface area contributed by atoms with Crippen LogP contribution in [0.3, 0.4) is 0 Å². The summed E-state index contributed by atoms with van der Waals surface area (Å²) in [6.45, 7) is 0. The Kier molecular flexibility index (Phi) is 9.26. The van der Waals surface area contributed by atoms with Crippen molar-refractivity contribution in [3.8, 4) is 17.2 Å². The van der Waals surface area contributed by atoms with Crippen LogP contribution in [0.5, 0.6) is 17.2 Å². The predicted octanol–water partition coefficient (Wildman–Crippen LogP) is 5.52. The highest BCUT2D eigenvalue weighted by atomic mass is 32.2. The lowest BCUT2D eigenvalue weighted by atomic mass is 10.1. The van der Waals surface area contributed by atoms with Gasteiger partial charge in [0, 0.05) is 22.5 Å². The largest absolute Gasteiger partial charge is 0.497 e. The second-order valence-electron chi connectivity index (χ2n) is 7.45. The fourth-order valence-electron chi connectivity index (χ4n) is 3.37. The molecule has 0 bridgehead atoms. The van der Waals surface area contributed by atoms with Crippen molar-refractivity contribution in [2.75, 3.05) is 27.6 Å². The molecule has 0 saturated carbocycles. The molecule has 0 radical (unpaired) electrons. The molecule has 1 unspecified atom stereocenters. The van der Waals surface area contributed by atoms with Gasteiger partial charge in [0.1, 0.15) is 5.75 Å². The predicted molar refractivity (Wildman–Crippen MR) is 142 cm³/mol. The number of nitrogens with zero attached hydrogens (tertiary/aromatic N) is 1. The van der Waals surface area contributed by atoms with E-state index in [4.69, 9.17) is 14.2 Å². The summed E-state index contributed by atoms with van der Waals surface area (Å²) >= 11 is 1.46. The van der Waals surface area contributed by atoms with Crippen molar-refractivity contribution in [1.29, 1.82) is 0 Å². The monoisotopic (exact) mass is 527 g/mol. The van der Waals surface area contributed by atoms with E-state index >= 15 is 0 Å². The molecular weight excluding hydrogens is 502 g/mol. The van der Waals surface area contributed by atoms with Crippen molar-refractivity contribution in [2.24, 2.45) is 0 Å². The number of rotatable bonds is 11. The Morgan fingerprint density at radius 3 is 2.22 bits per heavy atom. The minimum Gasteiger partial charge on any atom is -0.497 e. The number of benzene rings is 3. The normalized spacial score (nSPS) is 12.1. The average Bonchev–Trinajstić information content (AvgIpc) is 2.89. The first-order chi connectivity index (χ1) is 17.3. The number of carbonyl (C=O) groups excluding carboxylic acids is 1. The van der Waals surface area contributed by atoms with Crippen molar-refractivity contribution in [1.82, 2.24) is 0 Å². The van der Waals surface area contributed by atoms with Crippen molar-refractivity contribution >= 4 is 40.1 Å². The summed E-state index contributed by atoms with van der Waals surface area (Å²) in [6, 6.07) is 17.2. The van der Waals surface area contributed by atoms with Crippen LogP contribution in [0.15, 0.2) is 70.5 Å². The van der Waals surface area contributed by atoms with Crippen LogP contribution >= 0.6 is 11.8 Å². The van der Waals surface area contributed by atoms with E-state index in [9.17, 15) is 19.1 Å². The molecule has 10 heteroatoms. The molecule has 3 rings (SSSR count). The highest BCUT2D eigenvalue weighted by Crippen LogP contribution is 2.36. The Labute approximate surface area is 215 Å². The van der Waals surface area contributed by atoms with Crippen molar-refractivity contribution in [2.45, 2.75) is 10.6 Å². The van der Waals surface area contributed by atoms with Gasteiger partial charge in [0.2, 0.25) is 5.78 Å². The van der Waals surface area contributed by atoms with Gasteiger partial charge in [-0.1, -0.05) is 24.3 Å². The third-order valence-electron chi connectivity index (χ3n) is 5.23. The molecule has 0 amide bonds. The summed E-state index contributed by atoms with van der Waals surface area (Å²) in [7, 11) is 2.64. The van der Waals surface area contributed by atoms with Crippen LogP contribution in [-0.4, -0.2) is 42.5 Å².